The summed E-state index contributed by atoms with van der Waals surface area (Å²) in [6.45, 7) is 0. The van der Waals surface area contributed by atoms with E-state index in [9.17, 15) is 0 Å². The highest BCUT2D eigenvalue weighted by Crippen LogP contribution is 2.42. The van der Waals surface area contributed by atoms with Gasteiger partial charge in [0.25, 0.3) is 0 Å². The fraction of sp³-hybridized carbons (Fsp3) is 0.154. The van der Waals surface area contributed by atoms with Gasteiger partial charge in [0.15, 0.2) is 0 Å². The summed E-state index contributed by atoms with van der Waals surface area (Å²) in [5.74, 6) is 0. The van der Waals surface area contributed by atoms with Crippen LogP contribution in [0.2, 0.25) is 0 Å². The number of thioether (sulfide) groups is 1. The van der Waals surface area contributed by atoms with Gasteiger partial charge in [-0.05, 0) is 16.5 Å². The molecule has 0 bridgehead atoms. The Kier molecular flexibility index (Phi) is 2.33. The first kappa shape index (κ1) is 9.73. The topological polar surface area (TPSA) is 15.6 Å². The quantitative estimate of drug-likeness (QED) is 0.734. The number of fused-ring (bicyclic) bond motifs is 1. The lowest BCUT2D eigenvalue weighted by Gasteiger charge is -2.25. The Morgan fingerprint density at radius 1 is 1.25 bits per heavy atom. The minimum absolute atomic E-state index is 0.396. The van der Waals surface area contributed by atoms with Gasteiger partial charge in [-0.2, -0.15) is 0 Å². The highest BCUT2D eigenvalue weighted by molar-refractivity contribution is 8.03. The summed E-state index contributed by atoms with van der Waals surface area (Å²) in [5, 5.41) is 2.63. The molecule has 0 saturated carbocycles. The molecule has 0 fully saturated rings. The molecule has 0 amide bonds. The van der Waals surface area contributed by atoms with E-state index >= 15 is 0 Å². The van der Waals surface area contributed by atoms with E-state index in [-0.39, 0.29) is 0 Å². The van der Waals surface area contributed by atoms with Crippen LogP contribution in [0.15, 0.2) is 52.5 Å². The normalized spacial score (nSPS) is 22.8. The van der Waals surface area contributed by atoms with Crippen LogP contribution in [0.25, 0.3) is 5.57 Å². The van der Waals surface area contributed by atoms with Gasteiger partial charge in [-0.15, -0.1) is 11.8 Å². The Bertz CT molecular complexity index is 488. The van der Waals surface area contributed by atoms with Crippen LogP contribution in [-0.4, -0.2) is 23.7 Å². The number of aliphatic imine (C=N–C) groups is 1. The predicted octanol–water partition coefficient (Wildman–Crippen LogP) is 2.96. The fourth-order valence-corrected chi connectivity index (χ4v) is 3.11. The maximum Gasteiger partial charge on any atom is 0.107 e. The Labute approximate surface area is 99.4 Å². The summed E-state index contributed by atoms with van der Waals surface area (Å²) in [7, 11) is 2.07. The first-order valence-electron chi connectivity index (χ1n) is 5.23. The molecule has 16 heavy (non-hydrogen) atoms. The maximum atomic E-state index is 4.26. The van der Waals surface area contributed by atoms with Crippen LogP contribution in [0, 0.1) is 0 Å². The first-order chi connectivity index (χ1) is 7.86. The van der Waals surface area contributed by atoms with E-state index in [4.69, 9.17) is 0 Å². The molecule has 2 aliphatic rings. The average Bonchev–Trinajstić information content (AvgIpc) is 2.75. The molecule has 3 heteroatoms. The molecule has 0 N–H and O–H groups in total. The third kappa shape index (κ3) is 1.48. The molecule has 2 aliphatic heterocycles. The highest BCUT2D eigenvalue weighted by Gasteiger charge is 2.28. The Morgan fingerprint density at radius 2 is 2.06 bits per heavy atom. The molecule has 80 valence electrons. The van der Waals surface area contributed by atoms with Crippen molar-refractivity contribution in [2.45, 2.75) is 5.37 Å². The van der Waals surface area contributed by atoms with E-state index < -0.39 is 0 Å². The van der Waals surface area contributed by atoms with Gasteiger partial charge in [-0.3, -0.25) is 0 Å². The second-order valence-electron chi connectivity index (χ2n) is 3.90. The Balaban J connectivity index is 2.00. The second-order valence-corrected chi connectivity index (χ2v) is 4.85. The first-order valence-corrected chi connectivity index (χ1v) is 6.17. The van der Waals surface area contributed by atoms with E-state index in [0.29, 0.717) is 5.37 Å². The molecule has 1 unspecified atom stereocenters. The molecule has 0 saturated heterocycles. The number of nitrogens with zero attached hydrogens (tertiary/aromatic N) is 2. The third-order valence-corrected chi connectivity index (χ3v) is 4.03. The molecule has 2 heterocycles. The average molecular weight is 228 g/mol. The van der Waals surface area contributed by atoms with Crippen LogP contribution < -0.4 is 0 Å². The van der Waals surface area contributed by atoms with Gasteiger partial charge in [0.05, 0.1) is 6.34 Å². The lowest BCUT2D eigenvalue weighted by molar-refractivity contribution is 0.532. The second kappa shape index (κ2) is 3.83. The minimum Gasteiger partial charge on any atom is -0.349 e. The summed E-state index contributed by atoms with van der Waals surface area (Å²) in [4.78, 5) is 6.41. The van der Waals surface area contributed by atoms with Gasteiger partial charge in [0, 0.05) is 18.8 Å². The molecule has 0 spiro atoms. The highest BCUT2D eigenvalue weighted by atomic mass is 32.2. The number of rotatable bonds is 1. The number of hydrogen-bond donors (Lipinski definition) is 0. The fourth-order valence-electron chi connectivity index (χ4n) is 1.99. The number of benzene rings is 1. The van der Waals surface area contributed by atoms with Crippen molar-refractivity contribution in [1.29, 1.82) is 0 Å². The molecule has 1 aromatic carbocycles. The Morgan fingerprint density at radius 3 is 2.88 bits per heavy atom. The molecule has 2 nitrogen and oxygen atoms in total. The van der Waals surface area contributed by atoms with E-state index in [2.05, 4.69) is 46.6 Å². The van der Waals surface area contributed by atoms with Gasteiger partial charge in [0.2, 0.25) is 0 Å². The van der Waals surface area contributed by atoms with Gasteiger partial charge < -0.3 is 4.90 Å². The van der Waals surface area contributed by atoms with E-state index in [1.807, 2.05) is 30.4 Å². The van der Waals surface area contributed by atoms with Gasteiger partial charge in [-0.1, -0.05) is 30.3 Å². The van der Waals surface area contributed by atoms with Crippen molar-refractivity contribution in [2.24, 2.45) is 4.99 Å². The van der Waals surface area contributed by atoms with E-state index in [1.54, 1.807) is 0 Å². The van der Waals surface area contributed by atoms with Crippen molar-refractivity contribution >= 4 is 23.7 Å². The maximum absolute atomic E-state index is 4.26. The van der Waals surface area contributed by atoms with Crippen molar-refractivity contribution in [3.63, 3.8) is 0 Å². The molecule has 1 aromatic rings. The van der Waals surface area contributed by atoms with Gasteiger partial charge in [0.1, 0.15) is 5.37 Å². The summed E-state index contributed by atoms with van der Waals surface area (Å²) in [6.07, 6.45) is 3.85. The largest absolute Gasteiger partial charge is 0.349 e. The van der Waals surface area contributed by atoms with Gasteiger partial charge in [-0.25, -0.2) is 4.99 Å². The van der Waals surface area contributed by atoms with Gasteiger partial charge >= 0.3 is 0 Å². The standard InChI is InChI=1S/C13H12N2S/c1-15-9-14-7-11-12(8-16-13(11)15)10-5-3-2-4-6-10/h2-9,13H,1H3. The predicted molar refractivity (Wildman–Crippen MR) is 70.1 cm³/mol. The molecule has 0 radical (unpaired) electrons. The Hall–Kier alpha value is -1.48. The van der Waals surface area contributed by atoms with Crippen LogP contribution in [0.4, 0.5) is 0 Å². The third-order valence-electron chi connectivity index (χ3n) is 2.81. The zero-order chi connectivity index (χ0) is 11.0. The summed E-state index contributed by atoms with van der Waals surface area (Å²) in [6, 6.07) is 10.5. The molecular weight excluding hydrogens is 216 g/mol. The lowest BCUT2D eigenvalue weighted by Crippen LogP contribution is -2.29. The van der Waals surface area contributed by atoms with E-state index in [0.717, 1.165) is 0 Å². The van der Waals surface area contributed by atoms with Crippen molar-refractivity contribution in [2.75, 3.05) is 7.05 Å². The molecule has 3 rings (SSSR count). The number of likely N-dealkylation sites (N-methyl/N-ethyl adjacent to an activating group) is 1. The number of hydrogen-bond acceptors (Lipinski definition) is 3. The lowest BCUT2D eigenvalue weighted by atomic mass is 10.00. The van der Waals surface area contributed by atoms with Crippen LogP contribution >= 0.6 is 11.8 Å². The molecular formula is C13H12N2S. The van der Waals surface area contributed by atoms with Crippen molar-refractivity contribution < 1.29 is 0 Å². The van der Waals surface area contributed by atoms with Crippen LogP contribution in [0.5, 0.6) is 0 Å². The molecule has 1 atom stereocenters. The minimum atomic E-state index is 0.396. The molecule has 0 aliphatic carbocycles. The summed E-state index contributed by atoms with van der Waals surface area (Å²) < 4.78 is 0. The van der Waals surface area contributed by atoms with Crippen molar-refractivity contribution in [3.05, 3.63) is 53.1 Å². The zero-order valence-corrected chi connectivity index (χ0v) is 9.82. The summed E-state index contributed by atoms with van der Waals surface area (Å²) in [5.41, 5.74) is 3.88. The summed E-state index contributed by atoms with van der Waals surface area (Å²) >= 11 is 1.84. The van der Waals surface area contributed by atoms with E-state index in [1.165, 1.54) is 16.7 Å². The SMILES string of the molecule is CN1C=NC=C2C(c3ccccc3)=CSC21. The van der Waals surface area contributed by atoms with Crippen LogP contribution in [-0.2, 0) is 0 Å². The smallest absolute Gasteiger partial charge is 0.107 e. The monoisotopic (exact) mass is 228 g/mol. The molecule has 0 aromatic heterocycles. The zero-order valence-electron chi connectivity index (χ0n) is 9.00. The van der Waals surface area contributed by atoms with Crippen LogP contribution in [0.1, 0.15) is 5.56 Å². The van der Waals surface area contributed by atoms with Crippen molar-refractivity contribution in [1.82, 2.24) is 4.90 Å². The van der Waals surface area contributed by atoms with Crippen molar-refractivity contribution in [3.8, 4) is 0 Å². The van der Waals surface area contributed by atoms with Crippen LogP contribution in [0.3, 0.4) is 0 Å².